The van der Waals surface area contributed by atoms with Crippen LogP contribution in [0.25, 0.3) is 10.2 Å². The summed E-state index contributed by atoms with van der Waals surface area (Å²) in [5, 5.41) is 3.62. The van der Waals surface area contributed by atoms with E-state index in [1.807, 2.05) is 30.5 Å². The summed E-state index contributed by atoms with van der Waals surface area (Å²) in [6.45, 7) is 2.03. The third kappa shape index (κ3) is 2.77. The third-order valence-electron chi connectivity index (χ3n) is 1.85. The van der Waals surface area contributed by atoms with Crippen molar-refractivity contribution in [3.05, 3.63) is 40.8 Å². The molecule has 2 heterocycles. The number of anilines is 1. The molecule has 2 aromatic heterocycles. The Labute approximate surface area is 102 Å². The molecule has 0 spiro atoms. The number of thiazole rings is 2. The number of benzene rings is 1. The van der Waals surface area contributed by atoms with E-state index in [1.165, 1.54) is 16.0 Å². The Morgan fingerprint density at radius 3 is 2.62 bits per heavy atom. The van der Waals surface area contributed by atoms with E-state index in [4.69, 9.17) is 5.73 Å². The molecule has 0 radical (unpaired) electrons. The lowest BCUT2D eigenvalue weighted by Crippen LogP contribution is -1.77. The number of nitrogen functional groups attached to an aromatic ring is 1. The molecule has 3 nitrogen and oxygen atoms in total. The molecule has 2 N–H and O–H groups in total. The molecule has 0 saturated carbocycles. The normalized spacial score (nSPS) is 9.81. The Balaban J connectivity index is 0.000000138. The van der Waals surface area contributed by atoms with Gasteiger partial charge in [0.1, 0.15) is 0 Å². The maximum atomic E-state index is 5.19. The minimum Gasteiger partial charge on any atom is -0.375 e. The van der Waals surface area contributed by atoms with Crippen molar-refractivity contribution in [1.29, 1.82) is 0 Å². The molecular formula is C11H11N3S2. The first-order chi connectivity index (χ1) is 7.75. The van der Waals surface area contributed by atoms with E-state index in [0.29, 0.717) is 5.13 Å². The van der Waals surface area contributed by atoms with Crippen LogP contribution in [0, 0.1) is 6.92 Å². The second-order valence-corrected chi connectivity index (χ2v) is 5.23. The third-order valence-corrected chi connectivity index (χ3v) is 3.41. The summed E-state index contributed by atoms with van der Waals surface area (Å²) in [7, 11) is 0. The summed E-state index contributed by atoms with van der Waals surface area (Å²) in [6, 6.07) is 8.19. The van der Waals surface area contributed by atoms with Gasteiger partial charge in [-0.3, -0.25) is 0 Å². The van der Waals surface area contributed by atoms with Crippen LogP contribution < -0.4 is 5.73 Å². The Morgan fingerprint density at radius 2 is 2.06 bits per heavy atom. The maximum Gasteiger partial charge on any atom is 0.179 e. The molecule has 0 aliphatic rings. The van der Waals surface area contributed by atoms with Crippen molar-refractivity contribution in [3.8, 4) is 0 Å². The molecule has 0 atom stereocenters. The summed E-state index contributed by atoms with van der Waals surface area (Å²) >= 11 is 3.19. The molecule has 82 valence electrons. The summed E-state index contributed by atoms with van der Waals surface area (Å²) in [6.07, 6.45) is 1.68. The van der Waals surface area contributed by atoms with E-state index < -0.39 is 0 Å². The second-order valence-electron chi connectivity index (χ2n) is 3.07. The van der Waals surface area contributed by atoms with Gasteiger partial charge in [0.05, 0.1) is 15.2 Å². The van der Waals surface area contributed by atoms with E-state index in [9.17, 15) is 0 Å². The van der Waals surface area contributed by atoms with Crippen LogP contribution in [0.2, 0.25) is 0 Å². The van der Waals surface area contributed by atoms with Gasteiger partial charge in [-0.25, -0.2) is 9.97 Å². The first-order valence-corrected chi connectivity index (χ1v) is 6.42. The Morgan fingerprint density at radius 1 is 1.25 bits per heavy atom. The predicted octanol–water partition coefficient (Wildman–Crippen LogP) is 3.33. The molecular weight excluding hydrogens is 238 g/mol. The Bertz CT molecular complexity index is 524. The highest BCUT2D eigenvalue weighted by atomic mass is 32.1. The van der Waals surface area contributed by atoms with E-state index in [1.54, 1.807) is 17.5 Å². The van der Waals surface area contributed by atoms with Crippen molar-refractivity contribution in [2.75, 3.05) is 5.73 Å². The molecule has 3 rings (SSSR count). The van der Waals surface area contributed by atoms with E-state index >= 15 is 0 Å². The topological polar surface area (TPSA) is 51.8 Å². The summed E-state index contributed by atoms with van der Waals surface area (Å²) in [5.74, 6) is 0. The zero-order valence-electron chi connectivity index (χ0n) is 8.75. The molecule has 1 aromatic carbocycles. The van der Waals surface area contributed by atoms with Crippen molar-refractivity contribution in [2.45, 2.75) is 6.92 Å². The van der Waals surface area contributed by atoms with Gasteiger partial charge in [-0.05, 0) is 19.1 Å². The molecule has 0 bridgehead atoms. The fraction of sp³-hybridized carbons (Fsp3) is 0.0909. The number of aromatic nitrogens is 2. The number of nitrogens with two attached hydrogens (primary N) is 1. The van der Waals surface area contributed by atoms with Gasteiger partial charge in [0.2, 0.25) is 0 Å². The summed E-state index contributed by atoms with van der Waals surface area (Å²) in [4.78, 5) is 8.04. The maximum absolute atomic E-state index is 5.19. The Hall–Kier alpha value is -1.46. The molecule has 0 fully saturated rings. The monoisotopic (exact) mass is 249 g/mol. The molecule has 0 unspecified atom stereocenters. The van der Waals surface area contributed by atoms with Crippen molar-refractivity contribution in [1.82, 2.24) is 9.97 Å². The van der Waals surface area contributed by atoms with E-state index in [0.717, 1.165) is 10.5 Å². The lowest BCUT2D eigenvalue weighted by atomic mass is 10.3. The lowest BCUT2D eigenvalue weighted by Gasteiger charge is -1.80. The molecule has 0 aliphatic carbocycles. The number of hydrogen-bond acceptors (Lipinski definition) is 5. The van der Waals surface area contributed by atoms with Crippen LogP contribution >= 0.6 is 22.7 Å². The smallest absolute Gasteiger partial charge is 0.179 e. The largest absolute Gasteiger partial charge is 0.375 e. The van der Waals surface area contributed by atoms with Gasteiger partial charge in [-0.2, -0.15) is 0 Å². The number of nitrogens with zero attached hydrogens (tertiary/aromatic N) is 2. The summed E-state index contributed by atoms with van der Waals surface area (Å²) < 4.78 is 1.28. The van der Waals surface area contributed by atoms with E-state index in [-0.39, 0.29) is 0 Å². The van der Waals surface area contributed by atoms with Crippen LogP contribution in [0.5, 0.6) is 0 Å². The van der Waals surface area contributed by atoms with Crippen LogP contribution in [-0.4, -0.2) is 9.97 Å². The fourth-order valence-corrected chi connectivity index (χ4v) is 2.43. The van der Waals surface area contributed by atoms with Gasteiger partial charge >= 0.3 is 0 Å². The van der Waals surface area contributed by atoms with Crippen molar-refractivity contribution in [2.24, 2.45) is 0 Å². The fourth-order valence-electron chi connectivity index (χ4n) is 1.22. The van der Waals surface area contributed by atoms with Gasteiger partial charge in [0.25, 0.3) is 0 Å². The highest BCUT2D eigenvalue weighted by molar-refractivity contribution is 7.18. The summed E-state index contributed by atoms with van der Waals surface area (Å²) in [5.41, 5.74) is 6.30. The van der Waals surface area contributed by atoms with Crippen LogP contribution in [0.3, 0.4) is 0 Å². The SMILES string of the molecule is Cc1nc2ccccc2s1.Nc1nccs1. The zero-order chi connectivity index (χ0) is 11.4. The molecule has 16 heavy (non-hydrogen) atoms. The average Bonchev–Trinajstić information content (AvgIpc) is 2.86. The number of hydrogen-bond donors (Lipinski definition) is 1. The predicted molar refractivity (Wildman–Crippen MR) is 70.9 cm³/mol. The van der Waals surface area contributed by atoms with E-state index in [2.05, 4.69) is 16.0 Å². The minimum absolute atomic E-state index is 0.634. The van der Waals surface area contributed by atoms with Crippen molar-refractivity contribution < 1.29 is 0 Å². The number of fused-ring (bicyclic) bond motifs is 1. The van der Waals surface area contributed by atoms with Crippen LogP contribution in [0.1, 0.15) is 5.01 Å². The standard InChI is InChI=1S/C8H7NS.C3H4N2S/c1-6-9-7-4-2-3-5-8(7)10-6;4-3-5-1-2-6-3/h2-5H,1H3;1-2H,(H2,4,5). The van der Waals surface area contributed by atoms with Gasteiger partial charge in [0.15, 0.2) is 5.13 Å². The zero-order valence-corrected chi connectivity index (χ0v) is 10.4. The highest BCUT2D eigenvalue weighted by Gasteiger charge is 1.95. The van der Waals surface area contributed by atoms with Crippen LogP contribution in [-0.2, 0) is 0 Å². The van der Waals surface area contributed by atoms with Gasteiger partial charge in [0, 0.05) is 11.6 Å². The second kappa shape index (κ2) is 5.05. The highest BCUT2D eigenvalue weighted by Crippen LogP contribution is 2.19. The quantitative estimate of drug-likeness (QED) is 0.665. The van der Waals surface area contributed by atoms with Crippen LogP contribution in [0.15, 0.2) is 35.8 Å². The lowest BCUT2D eigenvalue weighted by molar-refractivity contribution is 1.35. The number of aryl methyl sites for hydroxylation is 1. The molecule has 3 aromatic rings. The minimum atomic E-state index is 0.634. The first kappa shape index (κ1) is 11.0. The molecule has 0 aliphatic heterocycles. The van der Waals surface area contributed by atoms with Gasteiger partial charge in [-0.1, -0.05) is 12.1 Å². The van der Waals surface area contributed by atoms with Crippen LogP contribution in [0.4, 0.5) is 5.13 Å². The molecule has 0 saturated heterocycles. The average molecular weight is 249 g/mol. The van der Waals surface area contributed by atoms with Gasteiger partial charge < -0.3 is 5.73 Å². The Kier molecular flexibility index (Phi) is 3.48. The van der Waals surface area contributed by atoms with Crippen molar-refractivity contribution >= 4 is 38.0 Å². The molecule has 5 heteroatoms. The number of rotatable bonds is 0. The number of para-hydroxylation sites is 1. The first-order valence-electron chi connectivity index (χ1n) is 4.73. The van der Waals surface area contributed by atoms with Crippen molar-refractivity contribution in [3.63, 3.8) is 0 Å². The molecule has 0 amide bonds. The van der Waals surface area contributed by atoms with Gasteiger partial charge in [-0.15, -0.1) is 22.7 Å².